The first kappa shape index (κ1) is 23.9. The van der Waals surface area contributed by atoms with E-state index in [1.165, 1.54) is 11.1 Å². The first-order valence-corrected chi connectivity index (χ1v) is 13.1. The van der Waals surface area contributed by atoms with E-state index in [2.05, 4.69) is 12.2 Å². The quantitative estimate of drug-likeness (QED) is 0.551. The number of methoxy groups -OCH3 is 1. The van der Waals surface area contributed by atoms with Gasteiger partial charge in [-0.25, -0.2) is 0 Å². The van der Waals surface area contributed by atoms with Crippen LogP contribution in [-0.4, -0.2) is 23.9 Å². The van der Waals surface area contributed by atoms with Crippen LogP contribution in [0, 0.1) is 23.2 Å². The number of carbonyl (C=O) groups excluding carboxylic acids is 2. The number of rotatable bonds is 7. The third-order valence-corrected chi connectivity index (χ3v) is 9.18. The Morgan fingerprint density at radius 1 is 1.20 bits per heavy atom. The van der Waals surface area contributed by atoms with Crippen LogP contribution in [0.5, 0.6) is 11.5 Å². The molecule has 5 nitrogen and oxygen atoms in total. The number of carbonyl (C=O) groups is 2. The number of hydrogen-bond acceptors (Lipinski definition) is 4. The molecule has 3 unspecified atom stereocenters. The number of Topliss-reactive ketones (excluding diaryl/α,β-unsaturated/α-hetero) is 1. The second kappa shape index (κ2) is 9.67. The molecule has 0 heterocycles. The average Bonchev–Trinajstić information content (AvgIpc) is 3.12. The van der Waals surface area contributed by atoms with E-state index in [0.717, 1.165) is 44.1 Å². The van der Waals surface area contributed by atoms with Gasteiger partial charge in [0.1, 0.15) is 5.78 Å². The van der Waals surface area contributed by atoms with Crippen LogP contribution >= 0.6 is 0 Å². The highest BCUT2D eigenvalue weighted by Crippen LogP contribution is 2.62. The van der Waals surface area contributed by atoms with E-state index in [-0.39, 0.29) is 17.1 Å². The highest BCUT2D eigenvalue weighted by Gasteiger charge is 2.58. The standard InChI is InChI=1S/C30H37NO4/c1-30-14-13-22-23(12-11-20-15-25(32)26(35-2)17-24(20)22)29(30)21(16-27(30)33)9-6-10-28(34)31-18-19-7-4-3-5-8-19/h3-5,7-8,15,17,21-23,29,32H,6,9-14,16,18H2,1-2H3,(H,31,34)/t21-,22?,23?,29?,30-/m1/s1. The Balaban J connectivity index is 1.26. The Labute approximate surface area is 208 Å². The molecule has 0 radical (unpaired) electrons. The molecule has 2 saturated carbocycles. The first-order valence-electron chi connectivity index (χ1n) is 13.1. The maximum atomic E-state index is 13.2. The molecular weight excluding hydrogens is 438 g/mol. The van der Waals surface area contributed by atoms with E-state index in [1.54, 1.807) is 7.11 Å². The summed E-state index contributed by atoms with van der Waals surface area (Å²) >= 11 is 0. The predicted molar refractivity (Wildman–Crippen MR) is 135 cm³/mol. The average molecular weight is 476 g/mol. The maximum Gasteiger partial charge on any atom is 0.220 e. The van der Waals surface area contributed by atoms with Gasteiger partial charge in [0.25, 0.3) is 0 Å². The molecule has 2 aromatic carbocycles. The summed E-state index contributed by atoms with van der Waals surface area (Å²) in [5.41, 5.74) is 3.40. The summed E-state index contributed by atoms with van der Waals surface area (Å²) in [7, 11) is 1.60. The Morgan fingerprint density at radius 2 is 2.00 bits per heavy atom. The van der Waals surface area contributed by atoms with Crippen molar-refractivity contribution in [3.05, 3.63) is 59.2 Å². The van der Waals surface area contributed by atoms with Crippen LogP contribution in [0.15, 0.2) is 42.5 Å². The molecule has 0 spiro atoms. The number of aryl methyl sites for hydroxylation is 1. The van der Waals surface area contributed by atoms with Gasteiger partial charge in [0.2, 0.25) is 5.91 Å². The summed E-state index contributed by atoms with van der Waals surface area (Å²) in [6.07, 6.45) is 6.85. The van der Waals surface area contributed by atoms with Gasteiger partial charge in [-0.05, 0) is 91.0 Å². The number of phenols is 1. The van der Waals surface area contributed by atoms with Gasteiger partial charge in [0.05, 0.1) is 7.11 Å². The second-order valence-electron chi connectivity index (χ2n) is 11.1. The van der Waals surface area contributed by atoms with Gasteiger partial charge in [-0.15, -0.1) is 0 Å². The van der Waals surface area contributed by atoms with E-state index in [4.69, 9.17) is 4.74 Å². The van der Waals surface area contributed by atoms with Crippen LogP contribution in [-0.2, 0) is 22.6 Å². The van der Waals surface area contributed by atoms with Gasteiger partial charge in [0.15, 0.2) is 11.5 Å². The van der Waals surface area contributed by atoms with Crippen molar-refractivity contribution >= 4 is 11.7 Å². The van der Waals surface area contributed by atoms with E-state index in [1.807, 2.05) is 42.5 Å². The van der Waals surface area contributed by atoms with Gasteiger partial charge < -0.3 is 15.2 Å². The zero-order chi connectivity index (χ0) is 24.6. The summed E-state index contributed by atoms with van der Waals surface area (Å²) in [5.74, 6) is 2.86. The molecule has 2 aromatic rings. The number of ketones is 1. The molecule has 186 valence electrons. The Hall–Kier alpha value is -2.82. The van der Waals surface area contributed by atoms with Crippen LogP contribution in [0.25, 0.3) is 0 Å². The van der Waals surface area contributed by atoms with Crippen molar-refractivity contribution in [3.63, 3.8) is 0 Å². The van der Waals surface area contributed by atoms with E-state index >= 15 is 0 Å². The number of hydrogen-bond donors (Lipinski definition) is 2. The number of amides is 1. The minimum atomic E-state index is -0.236. The number of phenolic OH excluding ortho intramolecular Hbond substituents is 1. The van der Waals surface area contributed by atoms with Gasteiger partial charge >= 0.3 is 0 Å². The fraction of sp³-hybridized carbons (Fsp3) is 0.533. The van der Waals surface area contributed by atoms with Gasteiger partial charge in [-0.2, -0.15) is 0 Å². The third kappa shape index (κ3) is 4.46. The van der Waals surface area contributed by atoms with Crippen LogP contribution in [0.1, 0.15) is 74.5 Å². The van der Waals surface area contributed by atoms with Crippen molar-refractivity contribution in [2.75, 3.05) is 7.11 Å². The summed E-state index contributed by atoms with van der Waals surface area (Å²) in [6, 6.07) is 13.9. The number of aromatic hydroxyl groups is 1. The van der Waals surface area contributed by atoms with Crippen LogP contribution in [0.2, 0.25) is 0 Å². The lowest BCUT2D eigenvalue weighted by atomic mass is 9.54. The lowest BCUT2D eigenvalue weighted by Crippen LogP contribution is -2.44. The highest BCUT2D eigenvalue weighted by atomic mass is 16.5. The van der Waals surface area contributed by atoms with Crippen molar-refractivity contribution in [2.45, 2.75) is 70.8 Å². The molecule has 5 heteroatoms. The molecule has 0 aromatic heterocycles. The highest BCUT2D eigenvalue weighted by molar-refractivity contribution is 5.87. The molecule has 0 bridgehead atoms. The molecule has 0 saturated heterocycles. The Kier molecular flexibility index (Phi) is 6.61. The number of nitrogens with one attached hydrogen (secondary N) is 1. The summed E-state index contributed by atoms with van der Waals surface area (Å²) in [5, 5.41) is 13.3. The zero-order valence-electron chi connectivity index (χ0n) is 20.9. The fourth-order valence-corrected chi connectivity index (χ4v) is 7.49. The van der Waals surface area contributed by atoms with E-state index in [0.29, 0.717) is 54.6 Å². The molecule has 35 heavy (non-hydrogen) atoms. The molecule has 3 aliphatic rings. The van der Waals surface area contributed by atoms with Crippen molar-refractivity contribution in [3.8, 4) is 11.5 Å². The van der Waals surface area contributed by atoms with Crippen LogP contribution in [0.4, 0.5) is 0 Å². The Morgan fingerprint density at radius 3 is 2.77 bits per heavy atom. The molecule has 5 atom stereocenters. The van der Waals surface area contributed by atoms with E-state index in [9.17, 15) is 14.7 Å². The first-order chi connectivity index (χ1) is 16.9. The van der Waals surface area contributed by atoms with Crippen molar-refractivity contribution in [1.29, 1.82) is 0 Å². The number of benzene rings is 2. The summed E-state index contributed by atoms with van der Waals surface area (Å²) < 4.78 is 5.42. The molecule has 3 aliphatic carbocycles. The van der Waals surface area contributed by atoms with Crippen molar-refractivity contribution < 1.29 is 19.4 Å². The molecule has 2 N–H and O–H groups in total. The largest absolute Gasteiger partial charge is 0.504 e. The molecule has 0 aliphatic heterocycles. The molecule has 5 rings (SSSR count). The molecule has 1 amide bonds. The third-order valence-electron chi connectivity index (χ3n) is 9.18. The van der Waals surface area contributed by atoms with Crippen LogP contribution < -0.4 is 10.1 Å². The normalized spacial score (nSPS) is 29.1. The van der Waals surface area contributed by atoms with Gasteiger partial charge in [0, 0.05) is 24.8 Å². The van der Waals surface area contributed by atoms with Gasteiger partial charge in [-0.3, -0.25) is 9.59 Å². The molecule has 2 fully saturated rings. The van der Waals surface area contributed by atoms with Crippen molar-refractivity contribution in [2.24, 2.45) is 23.2 Å². The van der Waals surface area contributed by atoms with E-state index < -0.39 is 0 Å². The SMILES string of the molecule is COc1cc2c(cc1O)CCC1C2CC[C@]2(C)C(=O)C[C@@H](CCCC(=O)NCc3ccccc3)C12. The monoisotopic (exact) mass is 475 g/mol. The van der Waals surface area contributed by atoms with Crippen LogP contribution in [0.3, 0.4) is 0 Å². The van der Waals surface area contributed by atoms with Crippen molar-refractivity contribution in [1.82, 2.24) is 5.32 Å². The summed E-state index contributed by atoms with van der Waals surface area (Å²) in [4.78, 5) is 25.7. The number of ether oxygens (including phenoxy) is 1. The van der Waals surface area contributed by atoms with Gasteiger partial charge in [-0.1, -0.05) is 37.3 Å². The Bertz CT molecular complexity index is 1100. The predicted octanol–water partition coefficient (Wildman–Crippen LogP) is 5.54. The fourth-order valence-electron chi connectivity index (χ4n) is 7.49. The minimum absolute atomic E-state index is 0.0842. The topological polar surface area (TPSA) is 75.6 Å². The lowest BCUT2D eigenvalue weighted by molar-refractivity contribution is -0.129. The summed E-state index contributed by atoms with van der Waals surface area (Å²) in [6.45, 7) is 2.76. The lowest BCUT2D eigenvalue weighted by Gasteiger charge is -2.50. The maximum absolute atomic E-state index is 13.2. The smallest absolute Gasteiger partial charge is 0.220 e. The number of fused-ring (bicyclic) bond motifs is 5. The minimum Gasteiger partial charge on any atom is -0.504 e. The second-order valence-corrected chi connectivity index (χ2v) is 11.1. The molecular formula is C30H37NO4. The zero-order valence-corrected chi connectivity index (χ0v) is 20.9.